The SMILES string of the molecule is CN(c1ccnc(-c2cccc(N3CCOCC3)c2)c1C(N)=O)C1CCNCC1. The molecule has 7 heteroatoms. The number of carbonyl (C=O) groups excluding carboxylic acids is 1. The number of aromatic nitrogens is 1. The molecule has 3 N–H and O–H groups in total. The number of morpholine rings is 1. The summed E-state index contributed by atoms with van der Waals surface area (Å²) in [7, 11) is 2.05. The van der Waals surface area contributed by atoms with E-state index in [1.54, 1.807) is 6.20 Å². The highest BCUT2D eigenvalue weighted by Crippen LogP contribution is 2.32. The predicted molar refractivity (Wildman–Crippen MR) is 116 cm³/mol. The van der Waals surface area contributed by atoms with E-state index in [0.717, 1.165) is 69.2 Å². The highest BCUT2D eigenvalue weighted by atomic mass is 16.5. The minimum atomic E-state index is -0.444. The molecule has 3 heterocycles. The van der Waals surface area contributed by atoms with E-state index >= 15 is 0 Å². The van der Waals surface area contributed by atoms with E-state index in [0.29, 0.717) is 17.3 Å². The van der Waals surface area contributed by atoms with E-state index < -0.39 is 5.91 Å². The summed E-state index contributed by atoms with van der Waals surface area (Å²) in [6, 6.07) is 10.5. The van der Waals surface area contributed by atoms with Gasteiger partial charge < -0.3 is 25.6 Å². The molecule has 7 nitrogen and oxygen atoms in total. The number of carbonyl (C=O) groups is 1. The highest BCUT2D eigenvalue weighted by molar-refractivity contribution is 6.04. The number of benzene rings is 1. The summed E-state index contributed by atoms with van der Waals surface area (Å²) in [6.07, 6.45) is 3.85. The molecular formula is C22H29N5O2. The molecule has 0 spiro atoms. The number of nitrogens with zero attached hydrogens (tertiary/aromatic N) is 3. The van der Waals surface area contributed by atoms with Crippen LogP contribution in [0.4, 0.5) is 11.4 Å². The van der Waals surface area contributed by atoms with Crippen molar-refractivity contribution < 1.29 is 9.53 Å². The van der Waals surface area contributed by atoms with Crippen LogP contribution in [-0.2, 0) is 4.74 Å². The van der Waals surface area contributed by atoms with Gasteiger partial charge in [0.25, 0.3) is 5.91 Å². The lowest BCUT2D eigenvalue weighted by Crippen LogP contribution is -2.42. The second kappa shape index (κ2) is 8.80. The summed E-state index contributed by atoms with van der Waals surface area (Å²) in [4.78, 5) is 21.6. The minimum Gasteiger partial charge on any atom is -0.378 e. The number of nitrogens with two attached hydrogens (primary N) is 1. The van der Waals surface area contributed by atoms with Gasteiger partial charge in [-0.1, -0.05) is 12.1 Å². The molecule has 1 aromatic heterocycles. The van der Waals surface area contributed by atoms with E-state index in [-0.39, 0.29) is 0 Å². The molecule has 0 aliphatic carbocycles. The zero-order valence-corrected chi connectivity index (χ0v) is 16.9. The molecule has 2 aromatic rings. The van der Waals surface area contributed by atoms with Crippen molar-refractivity contribution in [2.24, 2.45) is 5.73 Å². The Morgan fingerprint density at radius 1 is 1.24 bits per heavy atom. The standard InChI is InChI=1S/C22H29N5O2/c1-26(17-5-8-24-9-6-17)19-7-10-25-21(20(19)22(23)28)16-3-2-4-18(15-16)27-11-13-29-14-12-27/h2-4,7,10,15,17,24H,5-6,8-9,11-14H2,1H3,(H2,23,28). The van der Waals surface area contributed by atoms with Crippen molar-refractivity contribution in [3.05, 3.63) is 42.1 Å². The van der Waals surface area contributed by atoms with E-state index in [9.17, 15) is 4.79 Å². The number of amides is 1. The monoisotopic (exact) mass is 395 g/mol. The van der Waals surface area contributed by atoms with E-state index in [1.807, 2.05) is 25.2 Å². The number of hydrogen-bond donors (Lipinski definition) is 2. The van der Waals surface area contributed by atoms with Crippen molar-refractivity contribution in [1.29, 1.82) is 0 Å². The Balaban J connectivity index is 1.71. The van der Waals surface area contributed by atoms with Crippen LogP contribution < -0.4 is 20.9 Å². The fourth-order valence-electron chi connectivity index (χ4n) is 4.27. The topological polar surface area (TPSA) is 83.7 Å². The summed E-state index contributed by atoms with van der Waals surface area (Å²) in [6.45, 7) is 5.15. The van der Waals surface area contributed by atoms with Crippen LogP contribution in [0, 0.1) is 0 Å². The molecule has 154 valence electrons. The third kappa shape index (κ3) is 4.21. The van der Waals surface area contributed by atoms with Crippen LogP contribution in [-0.4, -0.2) is 63.4 Å². The van der Waals surface area contributed by atoms with Gasteiger partial charge in [-0.3, -0.25) is 9.78 Å². The van der Waals surface area contributed by atoms with Crippen molar-refractivity contribution in [3.63, 3.8) is 0 Å². The summed E-state index contributed by atoms with van der Waals surface area (Å²) in [5, 5.41) is 3.39. The van der Waals surface area contributed by atoms with Gasteiger partial charge in [0.1, 0.15) is 0 Å². The van der Waals surface area contributed by atoms with Gasteiger partial charge in [-0.15, -0.1) is 0 Å². The first-order valence-electron chi connectivity index (χ1n) is 10.3. The van der Waals surface area contributed by atoms with Crippen LogP contribution in [0.2, 0.25) is 0 Å². The van der Waals surface area contributed by atoms with Crippen molar-refractivity contribution in [1.82, 2.24) is 10.3 Å². The van der Waals surface area contributed by atoms with Gasteiger partial charge in [-0.25, -0.2) is 0 Å². The Morgan fingerprint density at radius 2 is 2.00 bits per heavy atom. The van der Waals surface area contributed by atoms with Crippen LogP contribution in [0.1, 0.15) is 23.2 Å². The van der Waals surface area contributed by atoms with E-state index in [2.05, 4.69) is 32.2 Å². The predicted octanol–water partition coefficient (Wildman–Crippen LogP) is 1.87. The Bertz CT molecular complexity index is 860. The van der Waals surface area contributed by atoms with Crippen LogP contribution in [0.5, 0.6) is 0 Å². The van der Waals surface area contributed by atoms with Gasteiger partial charge in [0, 0.05) is 43.6 Å². The fourth-order valence-corrected chi connectivity index (χ4v) is 4.27. The molecule has 1 aromatic carbocycles. The largest absolute Gasteiger partial charge is 0.378 e. The first-order chi connectivity index (χ1) is 14.1. The Kier molecular flexibility index (Phi) is 5.97. The van der Waals surface area contributed by atoms with Crippen LogP contribution >= 0.6 is 0 Å². The van der Waals surface area contributed by atoms with Gasteiger partial charge in [0.15, 0.2) is 0 Å². The molecule has 29 heavy (non-hydrogen) atoms. The fraction of sp³-hybridized carbons (Fsp3) is 0.455. The highest BCUT2D eigenvalue weighted by Gasteiger charge is 2.25. The molecule has 4 rings (SSSR count). The lowest BCUT2D eigenvalue weighted by atomic mass is 9.99. The van der Waals surface area contributed by atoms with Crippen molar-refractivity contribution >= 4 is 17.3 Å². The van der Waals surface area contributed by atoms with Crippen molar-refractivity contribution in [2.45, 2.75) is 18.9 Å². The smallest absolute Gasteiger partial charge is 0.253 e. The number of primary amides is 1. The van der Waals surface area contributed by atoms with E-state index in [1.165, 1.54) is 0 Å². The van der Waals surface area contributed by atoms with Gasteiger partial charge in [-0.05, 0) is 44.1 Å². The zero-order chi connectivity index (χ0) is 20.2. The number of nitrogens with one attached hydrogen (secondary N) is 1. The van der Waals surface area contributed by atoms with Crippen LogP contribution in [0.25, 0.3) is 11.3 Å². The molecule has 0 saturated carbocycles. The maximum Gasteiger partial charge on any atom is 0.253 e. The summed E-state index contributed by atoms with van der Waals surface area (Å²) < 4.78 is 5.46. The van der Waals surface area contributed by atoms with Gasteiger partial charge in [-0.2, -0.15) is 0 Å². The molecule has 2 aliphatic rings. The third-order valence-corrected chi connectivity index (χ3v) is 5.91. The normalized spacial score (nSPS) is 17.9. The first kappa shape index (κ1) is 19.7. The van der Waals surface area contributed by atoms with Crippen molar-refractivity contribution in [2.75, 3.05) is 56.2 Å². The Labute approximate surface area is 171 Å². The minimum absolute atomic E-state index is 0.379. The van der Waals surface area contributed by atoms with Gasteiger partial charge in [0.2, 0.25) is 0 Å². The quantitative estimate of drug-likeness (QED) is 0.804. The molecule has 0 radical (unpaired) electrons. The molecule has 2 aliphatic heterocycles. The first-order valence-corrected chi connectivity index (χ1v) is 10.3. The lowest BCUT2D eigenvalue weighted by molar-refractivity contribution is 0.100. The second-order valence-corrected chi connectivity index (χ2v) is 7.66. The number of ether oxygens (including phenoxy) is 1. The molecule has 2 fully saturated rings. The molecule has 2 saturated heterocycles. The Hall–Kier alpha value is -2.64. The Morgan fingerprint density at radius 3 is 2.72 bits per heavy atom. The summed E-state index contributed by atoms with van der Waals surface area (Å²) >= 11 is 0. The van der Waals surface area contributed by atoms with E-state index in [4.69, 9.17) is 10.5 Å². The number of pyridine rings is 1. The van der Waals surface area contributed by atoms with Gasteiger partial charge in [0.05, 0.1) is 30.2 Å². The van der Waals surface area contributed by atoms with Gasteiger partial charge >= 0.3 is 0 Å². The number of rotatable bonds is 5. The maximum absolute atomic E-state index is 12.5. The second-order valence-electron chi connectivity index (χ2n) is 7.66. The maximum atomic E-state index is 12.5. The summed E-state index contributed by atoms with van der Waals surface area (Å²) in [5.74, 6) is -0.444. The number of anilines is 2. The molecule has 1 amide bonds. The van der Waals surface area contributed by atoms with Crippen LogP contribution in [0.15, 0.2) is 36.5 Å². The number of hydrogen-bond acceptors (Lipinski definition) is 6. The molecule has 0 bridgehead atoms. The van der Waals surface area contributed by atoms with Crippen molar-refractivity contribution in [3.8, 4) is 11.3 Å². The molecule has 0 atom stereocenters. The molecule has 0 unspecified atom stereocenters. The zero-order valence-electron chi connectivity index (χ0n) is 16.9. The average Bonchev–Trinajstić information content (AvgIpc) is 2.79. The van der Waals surface area contributed by atoms with Crippen LogP contribution in [0.3, 0.4) is 0 Å². The average molecular weight is 396 g/mol. The number of piperidine rings is 1. The lowest BCUT2D eigenvalue weighted by Gasteiger charge is -2.34. The third-order valence-electron chi connectivity index (χ3n) is 5.91. The summed E-state index contributed by atoms with van der Waals surface area (Å²) in [5.41, 5.74) is 9.86. The molecular weight excluding hydrogens is 366 g/mol.